The van der Waals surface area contributed by atoms with Crippen molar-refractivity contribution in [2.45, 2.75) is 13.8 Å². The van der Waals surface area contributed by atoms with Crippen LogP contribution in [-0.2, 0) is 10.0 Å². The standard InChI is InChI=1S/C18H21N5O3S/c1-13-3-4-15(11-14(13)2)21-18(24)19-8-10-27(25,26)22-16-6-9-23-17(12-16)5-7-20-23/h3-7,9,11-12,22H,8,10H2,1-2H3,(H2,19,21,24). The van der Waals surface area contributed by atoms with E-state index in [0.717, 1.165) is 16.6 Å². The van der Waals surface area contributed by atoms with E-state index in [1.165, 1.54) is 0 Å². The van der Waals surface area contributed by atoms with Crippen molar-refractivity contribution in [3.63, 3.8) is 0 Å². The number of anilines is 2. The summed E-state index contributed by atoms with van der Waals surface area (Å²) in [6.07, 6.45) is 3.30. The second kappa shape index (κ2) is 7.67. The summed E-state index contributed by atoms with van der Waals surface area (Å²) in [4.78, 5) is 11.9. The molecule has 3 rings (SSSR count). The number of fused-ring (bicyclic) bond motifs is 1. The SMILES string of the molecule is Cc1ccc(NC(=O)NCCS(=O)(=O)Nc2ccn3nccc3c2)cc1C. The average Bonchev–Trinajstić information content (AvgIpc) is 3.05. The summed E-state index contributed by atoms with van der Waals surface area (Å²) >= 11 is 0. The molecule has 2 heterocycles. The van der Waals surface area contributed by atoms with Crippen molar-refractivity contribution in [1.82, 2.24) is 14.9 Å². The highest BCUT2D eigenvalue weighted by atomic mass is 32.2. The van der Waals surface area contributed by atoms with E-state index < -0.39 is 16.1 Å². The number of carbonyl (C=O) groups is 1. The van der Waals surface area contributed by atoms with Crippen LogP contribution in [0, 0.1) is 13.8 Å². The van der Waals surface area contributed by atoms with Gasteiger partial charge >= 0.3 is 6.03 Å². The van der Waals surface area contributed by atoms with Crippen molar-refractivity contribution >= 4 is 32.9 Å². The van der Waals surface area contributed by atoms with E-state index in [1.807, 2.05) is 26.0 Å². The minimum absolute atomic E-state index is 0.0130. The molecule has 27 heavy (non-hydrogen) atoms. The van der Waals surface area contributed by atoms with E-state index >= 15 is 0 Å². The zero-order valence-corrected chi connectivity index (χ0v) is 15.9. The van der Waals surface area contributed by atoms with Gasteiger partial charge in [0, 0.05) is 24.6 Å². The number of rotatable bonds is 6. The Labute approximate surface area is 157 Å². The number of aryl methyl sites for hydroxylation is 2. The Bertz CT molecular complexity index is 1080. The lowest BCUT2D eigenvalue weighted by molar-refractivity contribution is 0.252. The van der Waals surface area contributed by atoms with Crippen LogP contribution in [-0.4, -0.2) is 36.4 Å². The summed E-state index contributed by atoms with van der Waals surface area (Å²) in [5.41, 5.74) is 4.08. The van der Waals surface area contributed by atoms with E-state index in [1.54, 1.807) is 41.2 Å². The van der Waals surface area contributed by atoms with Gasteiger partial charge in [-0.1, -0.05) is 6.07 Å². The van der Waals surface area contributed by atoms with Crippen molar-refractivity contribution < 1.29 is 13.2 Å². The molecule has 0 spiro atoms. The second-order valence-corrected chi connectivity index (χ2v) is 8.06. The van der Waals surface area contributed by atoms with Crippen LogP contribution in [0.4, 0.5) is 16.2 Å². The molecule has 0 saturated carbocycles. The van der Waals surface area contributed by atoms with Crippen LogP contribution in [0.2, 0.25) is 0 Å². The number of carbonyl (C=O) groups excluding carboxylic acids is 1. The maximum atomic E-state index is 12.2. The summed E-state index contributed by atoms with van der Waals surface area (Å²) < 4.78 is 28.5. The van der Waals surface area contributed by atoms with Gasteiger partial charge in [0.1, 0.15) is 0 Å². The minimum atomic E-state index is -3.59. The first-order valence-corrected chi connectivity index (χ1v) is 10.0. The molecule has 0 unspecified atom stereocenters. The first kappa shape index (κ1) is 18.7. The number of hydrogen-bond acceptors (Lipinski definition) is 4. The van der Waals surface area contributed by atoms with E-state index in [9.17, 15) is 13.2 Å². The highest BCUT2D eigenvalue weighted by Crippen LogP contribution is 2.14. The molecule has 0 saturated heterocycles. The van der Waals surface area contributed by atoms with Crippen LogP contribution < -0.4 is 15.4 Å². The molecule has 0 atom stereocenters. The molecule has 0 radical (unpaired) electrons. The molecule has 0 aliphatic rings. The Morgan fingerprint density at radius 3 is 2.67 bits per heavy atom. The van der Waals surface area contributed by atoms with Gasteiger partial charge in [-0.2, -0.15) is 5.10 Å². The van der Waals surface area contributed by atoms with Crippen molar-refractivity contribution in [3.05, 3.63) is 59.9 Å². The van der Waals surface area contributed by atoms with Crippen molar-refractivity contribution in [2.24, 2.45) is 0 Å². The highest BCUT2D eigenvalue weighted by molar-refractivity contribution is 7.92. The first-order valence-electron chi connectivity index (χ1n) is 8.38. The quantitative estimate of drug-likeness (QED) is 0.604. The Morgan fingerprint density at radius 2 is 1.89 bits per heavy atom. The van der Waals surface area contributed by atoms with E-state index in [0.29, 0.717) is 11.4 Å². The summed E-state index contributed by atoms with van der Waals surface area (Å²) in [5.74, 6) is -0.238. The Balaban J connectivity index is 1.50. The molecule has 0 aliphatic heterocycles. The molecule has 2 aromatic heterocycles. The maximum Gasteiger partial charge on any atom is 0.319 e. The normalized spacial score (nSPS) is 11.3. The third-order valence-electron chi connectivity index (χ3n) is 4.09. The van der Waals surface area contributed by atoms with Crippen LogP contribution in [0.25, 0.3) is 5.52 Å². The smallest absolute Gasteiger partial charge is 0.319 e. The van der Waals surface area contributed by atoms with Crippen LogP contribution in [0.1, 0.15) is 11.1 Å². The third kappa shape index (κ3) is 4.98. The molecule has 8 nitrogen and oxygen atoms in total. The molecule has 9 heteroatoms. The average molecular weight is 387 g/mol. The molecule has 0 aliphatic carbocycles. The molecule has 142 valence electrons. The van der Waals surface area contributed by atoms with Crippen LogP contribution >= 0.6 is 0 Å². The monoisotopic (exact) mass is 387 g/mol. The molecule has 3 N–H and O–H groups in total. The van der Waals surface area contributed by atoms with Gasteiger partial charge in [0.2, 0.25) is 10.0 Å². The number of amides is 2. The number of aromatic nitrogens is 2. The lowest BCUT2D eigenvalue weighted by Crippen LogP contribution is -2.34. The molecule has 0 fully saturated rings. The second-order valence-electron chi connectivity index (χ2n) is 6.22. The summed E-state index contributed by atoms with van der Waals surface area (Å²) in [6.45, 7) is 3.93. The van der Waals surface area contributed by atoms with E-state index in [-0.39, 0.29) is 12.3 Å². The van der Waals surface area contributed by atoms with Crippen LogP contribution in [0.5, 0.6) is 0 Å². The molecular formula is C18H21N5O3S. The summed E-state index contributed by atoms with van der Waals surface area (Å²) in [5, 5.41) is 9.29. The van der Waals surface area contributed by atoms with Crippen molar-refractivity contribution in [1.29, 1.82) is 0 Å². The zero-order valence-electron chi connectivity index (χ0n) is 15.1. The molecule has 1 aromatic carbocycles. The fourth-order valence-corrected chi connectivity index (χ4v) is 3.47. The summed E-state index contributed by atoms with van der Waals surface area (Å²) in [6, 6.07) is 10.2. The van der Waals surface area contributed by atoms with E-state index in [2.05, 4.69) is 20.5 Å². The van der Waals surface area contributed by atoms with Gasteiger partial charge in [0.25, 0.3) is 0 Å². The lowest BCUT2D eigenvalue weighted by atomic mass is 10.1. The van der Waals surface area contributed by atoms with Gasteiger partial charge in [-0.15, -0.1) is 0 Å². The molecule has 2 amide bonds. The Kier molecular flexibility index (Phi) is 5.31. The fourth-order valence-electron chi connectivity index (χ4n) is 2.51. The van der Waals surface area contributed by atoms with Crippen LogP contribution in [0.15, 0.2) is 48.8 Å². The number of nitrogens with zero attached hydrogens (tertiary/aromatic N) is 2. The van der Waals surface area contributed by atoms with Gasteiger partial charge in [-0.25, -0.2) is 17.7 Å². The van der Waals surface area contributed by atoms with Gasteiger partial charge in [-0.3, -0.25) is 4.72 Å². The van der Waals surface area contributed by atoms with Crippen molar-refractivity contribution in [2.75, 3.05) is 22.3 Å². The Morgan fingerprint density at radius 1 is 1.07 bits per heavy atom. The number of benzene rings is 1. The van der Waals surface area contributed by atoms with Gasteiger partial charge in [0.05, 0.1) is 17.0 Å². The zero-order chi connectivity index (χ0) is 19.4. The third-order valence-corrected chi connectivity index (χ3v) is 5.38. The fraction of sp³-hybridized carbons (Fsp3) is 0.222. The van der Waals surface area contributed by atoms with Crippen LogP contribution in [0.3, 0.4) is 0 Å². The number of sulfonamides is 1. The van der Waals surface area contributed by atoms with E-state index in [4.69, 9.17) is 0 Å². The maximum absolute atomic E-state index is 12.2. The molecular weight excluding hydrogens is 366 g/mol. The first-order chi connectivity index (χ1) is 12.8. The van der Waals surface area contributed by atoms with Gasteiger partial charge in [-0.05, 0) is 55.3 Å². The largest absolute Gasteiger partial charge is 0.337 e. The number of pyridine rings is 1. The minimum Gasteiger partial charge on any atom is -0.337 e. The summed E-state index contributed by atoms with van der Waals surface area (Å²) in [7, 11) is -3.59. The predicted octanol–water partition coefficient (Wildman–Crippen LogP) is 2.51. The molecule has 0 bridgehead atoms. The van der Waals surface area contributed by atoms with Crippen molar-refractivity contribution in [3.8, 4) is 0 Å². The Hall–Kier alpha value is -3.07. The molecule has 3 aromatic rings. The lowest BCUT2D eigenvalue weighted by Gasteiger charge is -2.11. The van der Waals surface area contributed by atoms with Gasteiger partial charge < -0.3 is 10.6 Å². The number of urea groups is 1. The van der Waals surface area contributed by atoms with Gasteiger partial charge in [0.15, 0.2) is 0 Å². The number of hydrogen-bond donors (Lipinski definition) is 3. The highest BCUT2D eigenvalue weighted by Gasteiger charge is 2.12. The predicted molar refractivity (Wildman–Crippen MR) is 106 cm³/mol. The topological polar surface area (TPSA) is 105 Å². The number of nitrogens with one attached hydrogen (secondary N) is 3.